The van der Waals surface area contributed by atoms with Gasteiger partial charge >= 0.3 is 0 Å². The maximum absolute atomic E-state index is 13.2. The van der Waals surface area contributed by atoms with E-state index in [1.807, 2.05) is 0 Å². The summed E-state index contributed by atoms with van der Waals surface area (Å²) >= 11 is 5.53. The first kappa shape index (κ1) is 23.4. The summed E-state index contributed by atoms with van der Waals surface area (Å²) < 4.78 is 79.3. The highest BCUT2D eigenvalue weighted by atomic mass is 35.5. The van der Waals surface area contributed by atoms with Gasteiger partial charge in [0.05, 0.1) is 9.92 Å². The van der Waals surface area contributed by atoms with Crippen LogP contribution in [0.15, 0.2) is 47.6 Å². The molecule has 3 rings (SSSR count). The largest absolute Gasteiger partial charge is 0.324 e. The molecule has 0 aliphatic carbocycles. The molecule has 0 saturated heterocycles. The summed E-state index contributed by atoms with van der Waals surface area (Å²) in [5, 5.41) is 4.71. The van der Waals surface area contributed by atoms with E-state index < -0.39 is 51.7 Å². The molecule has 0 unspecified atom stereocenters. The van der Waals surface area contributed by atoms with E-state index in [9.17, 15) is 30.8 Å². The topological polar surface area (TPSA) is 119 Å². The Bertz CT molecular complexity index is 1210. The molecule has 0 spiro atoms. The van der Waals surface area contributed by atoms with Gasteiger partial charge in [0.1, 0.15) is 17.9 Å². The van der Waals surface area contributed by atoms with Crippen LogP contribution in [0.5, 0.6) is 0 Å². The fourth-order valence-electron chi connectivity index (χ4n) is 2.53. The van der Waals surface area contributed by atoms with Gasteiger partial charge in [0.15, 0.2) is 0 Å². The van der Waals surface area contributed by atoms with Crippen LogP contribution in [0.1, 0.15) is 24.2 Å². The number of halogens is 5. The van der Waals surface area contributed by atoms with Crippen LogP contribution in [0.3, 0.4) is 0 Å². The Morgan fingerprint density at radius 1 is 1.06 bits per heavy atom. The quantitative estimate of drug-likeness (QED) is 0.463. The lowest BCUT2D eigenvalue weighted by molar-refractivity contribution is -0.117. The van der Waals surface area contributed by atoms with Gasteiger partial charge in [-0.1, -0.05) is 11.6 Å². The van der Waals surface area contributed by atoms with E-state index in [4.69, 9.17) is 11.6 Å². The third-order valence-corrected chi connectivity index (χ3v) is 5.63. The van der Waals surface area contributed by atoms with Crippen LogP contribution in [0.4, 0.5) is 29.2 Å². The number of carbonyl (C=O) groups excluding carboxylic acids is 1. The van der Waals surface area contributed by atoms with Crippen molar-refractivity contribution in [3.8, 4) is 0 Å². The zero-order valence-electron chi connectivity index (χ0n) is 15.7. The molecule has 0 radical (unpaired) electrons. The molecule has 32 heavy (non-hydrogen) atoms. The first-order chi connectivity index (χ1) is 15.1. The second-order valence-electron chi connectivity index (χ2n) is 6.09. The fraction of sp³-hybridized carbons (Fsp3) is 0.176. The van der Waals surface area contributed by atoms with Crippen molar-refractivity contribution in [2.45, 2.75) is 24.3 Å². The minimum absolute atomic E-state index is 0.121. The molecule has 170 valence electrons. The number of benzene rings is 1. The molecule has 2 heterocycles. The molecular formula is C17H13ClF4N6O3S. The predicted octanol–water partition coefficient (Wildman–Crippen LogP) is 3.64. The van der Waals surface area contributed by atoms with Crippen molar-refractivity contribution in [2.24, 2.45) is 0 Å². The van der Waals surface area contributed by atoms with Crippen molar-refractivity contribution in [2.75, 3.05) is 10.0 Å². The highest BCUT2D eigenvalue weighted by Gasteiger charge is 2.28. The molecule has 2 N–H and O–H groups in total. The number of sulfonamides is 1. The van der Waals surface area contributed by atoms with Gasteiger partial charge in [0.2, 0.25) is 11.9 Å². The smallest absolute Gasteiger partial charge is 0.283 e. The molecule has 0 aliphatic rings. The van der Waals surface area contributed by atoms with E-state index in [0.717, 1.165) is 0 Å². The summed E-state index contributed by atoms with van der Waals surface area (Å²) in [6, 6.07) is 6.33. The predicted molar refractivity (Wildman–Crippen MR) is 105 cm³/mol. The molecule has 1 aromatic carbocycles. The van der Waals surface area contributed by atoms with Crippen LogP contribution in [0.2, 0.25) is 5.02 Å². The number of nitrogens with one attached hydrogen (secondary N) is 2. The fourth-order valence-corrected chi connectivity index (χ4v) is 3.78. The van der Waals surface area contributed by atoms with Gasteiger partial charge in [-0.05, 0) is 30.3 Å². The molecule has 3 aromatic rings. The SMILES string of the molecule is O=C(Cn1nc(C(F)F)c(Cl)c1C(F)F)Nc1ccc(S(=O)(=O)Nc2ncccn2)cc1. The van der Waals surface area contributed by atoms with E-state index >= 15 is 0 Å². The van der Waals surface area contributed by atoms with Gasteiger partial charge in [0, 0.05) is 18.1 Å². The molecule has 0 aliphatic heterocycles. The second-order valence-corrected chi connectivity index (χ2v) is 8.15. The number of alkyl halides is 4. The summed E-state index contributed by atoms with van der Waals surface area (Å²) in [5.41, 5.74) is -1.94. The Labute approximate surface area is 183 Å². The molecular weight excluding hydrogens is 480 g/mol. The molecule has 0 atom stereocenters. The van der Waals surface area contributed by atoms with Crippen LogP contribution in [0, 0.1) is 0 Å². The van der Waals surface area contributed by atoms with E-state index in [-0.39, 0.29) is 16.5 Å². The standard InChI is InChI=1S/C17H13ClF4N6O3S/c18-12-13(15(19)20)26-28(14(12)16(21)22)8-11(29)25-9-2-4-10(5-3-9)32(30,31)27-17-23-6-1-7-24-17/h1-7,15-16H,8H2,(H,25,29)(H,23,24,27). The molecule has 9 nitrogen and oxygen atoms in total. The lowest BCUT2D eigenvalue weighted by Gasteiger charge is -2.10. The zero-order chi connectivity index (χ0) is 23.5. The van der Waals surface area contributed by atoms with Crippen molar-refractivity contribution in [3.63, 3.8) is 0 Å². The molecule has 15 heteroatoms. The van der Waals surface area contributed by atoms with E-state index in [2.05, 4.69) is 25.1 Å². The van der Waals surface area contributed by atoms with Crippen LogP contribution in [0.25, 0.3) is 0 Å². The van der Waals surface area contributed by atoms with Gasteiger partial charge in [-0.3, -0.25) is 9.48 Å². The number of anilines is 2. The number of hydrogen-bond acceptors (Lipinski definition) is 6. The average molecular weight is 493 g/mol. The lowest BCUT2D eigenvalue weighted by Crippen LogP contribution is -2.21. The summed E-state index contributed by atoms with van der Waals surface area (Å²) in [6.07, 6.45) is -3.74. The third kappa shape index (κ3) is 5.31. The summed E-state index contributed by atoms with van der Waals surface area (Å²) in [4.78, 5) is 19.5. The highest BCUT2D eigenvalue weighted by Crippen LogP contribution is 2.34. The normalized spacial score (nSPS) is 11.7. The summed E-state index contributed by atoms with van der Waals surface area (Å²) in [7, 11) is -4.00. The maximum atomic E-state index is 13.2. The Morgan fingerprint density at radius 2 is 1.69 bits per heavy atom. The van der Waals surface area contributed by atoms with Gasteiger partial charge in [0.25, 0.3) is 22.9 Å². The van der Waals surface area contributed by atoms with Gasteiger partial charge in [-0.25, -0.2) is 40.7 Å². The Balaban J connectivity index is 1.71. The van der Waals surface area contributed by atoms with Gasteiger partial charge in [-0.15, -0.1) is 0 Å². The van der Waals surface area contributed by atoms with Crippen LogP contribution >= 0.6 is 11.6 Å². The van der Waals surface area contributed by atoms with Crippen LogP contribution in [-0.4, -0.2) is 34.1 Å². The Kier molecular flexibility index (Phi) is 6.93. The van der Waals surface area contributed by atoms with Gasteiger partial charge < -0.3 is 5.32 Å². The van der Waals surface area contributed by atoms with E-state index in [1.54, 1.807) is 0 Å². The Morgan fingerprint density at radius 3 is 2.25 bits per heavy atom. The molecule has 0 bridgehead atoms. The monoisotopic (exact) mass is 492 g/mol. The number of hydrogen-bond donors (Lipinski definition) is 2. The molecule has 0 saturated carbocycles. The lowest BCUT2D eigenvalue weighted by atomic mass is 10.3. The van der Waals surface area contributed by atoms with Crippen molar-refractivity contribution in [1.29, 1.82) is 0 Å². The number of carbonyl (C=O) groups is 1. The van der Waals surface area contributed by atoms with Gasteiger partial charge in [-0.2, -0.15) is 5.10 Å². The first-order valence-corrected chi connectivity index (χ1v) is 10.5. The van der Waals surface area contributed by atoms with E-state index in [0.29, 0.717) is 4.68 Å². The number of nitrogens with zero attached hydrogens (tertiary/aromatic N) is 4. The second kappa shape index (κ2) is 9.48. The zero-order valence-corrected chi connectivity index (χ0v) is 17.3. The molecule has 0 fully saturated rings. The Hall–Kier alpha value is -3.26. The van der Waals surface area contributed by atoms with Crippen molar-refractivity contribution in [1.82, 2.24) is 19.7 Å². The highest BCUT2D eigenvalue weighted by molar-refractivity contribution is 7.92. The molecule has 1 amide bonds. The van der Waals surface area contributed by atoms with E-state index in [1.165, 1.54) is 42.7 Å². The molecule has 2 aromatic heterocycles. The average Bonchev–Trinajstić information content (AvgIpc) is 3.05. The number of rotatable bonds is 8. The number of aromatic nitrogens is 4. The van der Waals surface area contributed by atoms with Crippen LogP contribution in [-0.2, 0) is 21.4 Å². The van der Waals surface area contributed by atoms with Crippen LogP contribution < -0.4 is 10.0 Å². The van der Waals surface area contributed by atoms with Crippen molar-refractivity contribution >= 4 is 39.2 Å². The third-order valence-electron chi connectivity index (χ3n) is 3.90. The number of amides is 1. The van der Waals surface area contributed by atoms with Crippen molar-refractivity contribution in [3.05, 3.63) is 59.1 Å². The minimum Gasteiger partial charge on any atom is -0.324 e. The van der Waals surface area contributed by atoms with Crippen molar-refractivity contribution < 1.29 is 30.8 Å². The first-order valence-electron chi connectivity index (χ1n) is 8.60. The summed E-state index contributed by atoms with van der Waals surface area (Å²) in [5.74, 6) is -1.01. The maximum Gasteiger partial charge on any atom is 0.283 e. The summed E-state index contributed by atoms with van der Waals surface area (Å²) in [6.45, 7) is -0.820. The minimum atomic E-state index is -4.00.